The van der Waals surface area contributed by atoms with Gasteiger partial charge in [-0.05, 0) is 48.9 Å². The van der Waals surface area contributed by atoms with E-state index in [0.717, 1.165) is 22.6 Å². The highest BCUT2D eigenvalue weighted by atomic mass is 35.5. The third-order valence-corrected chi connectivity index (χ3v) is 3.53. The Morgan fingerprint density at radius 2 is 2.22 bits per heavy atom. The van der Waals surface area contributed by atoms with E-state index in [1.54, 1.807) is 18.2 Å². The molecule has 3 rings (SSSR count). The molecule has 23 heavy (non-hydrogen) atoms. The third kappa shape index (κ3) is 3.99. The van der Waals surface area contributed by atoms with Crippen molar-refractivity contribution in [3.63, 3.8) is 0 Å². The molecule has 5 heteroatoms. The number of carbonyl (C=O) groups excluding carboxylic acids is 1. The fourth-order valence-corrected chi connectivity index (χ4v) is 2.41. The molecule has 1 aromatic carbocycles. The molecule has 0 saturated heterocycles. The summed E-state index contributed by atoms with van der Waals surface area (Å²) in [5.41, 5.74) is 2.65. The van der Waals surface area contributed by atoms with E-state index >= 15 is 0 Å². The number of aryl methyl sites for hydroxylation is 1. The molecule has 1 amide bonds. The number of carbonyl (C=O) groups is 1. The van der Waals surface area contributed by atoms with E-state index in [1.807, 2.05) is 37.3 Å². The molecule has 2 heterocycles. The number of halogens is 1. The zero-order chi connectivity index (χ0) is 16.2. The molecule has 0 unspecified atom stereocenters. The monoisotopic (exact) mass is 326 g/mol. The van der Waals surface area contributed by atoms with Gasteiger partial charge in [-0.15, -0.1) is 0 Å². The van der Waals surface area contributed by atoms with Crippen molar-refractivity contribution in [3.8, 4) is 5.75 Å². The largest absolute Gasteiger partial charge is 0.488 e. The second-order valence-corrected chi connectivity index (χ2v) is 5.61. The maximum absolute atomic E-state index is 11.9. The summed E-state index contributed by atoms with van der Waals surface area (Å²) >= 11 is 5.98. The molecule has 2 aromatic rings. The van der Waals surface area contributed by atoms with Crippen LogP contribution >= 0.6 is 11.6 Å². The maximum Gasteiger partial charge on any atom is 0.249 e. The van der Waals surface area contributed by atoms with Gasteiger partial charge in [0.25, 0.3) is 0 Å². The van der Waals surface area contributed by atoms with Crippen LogP contribution in [0, 0.1) is 6.92 Å². The van der Waals surface area contributed by atoms with Crippen molar-refractivity contribution in [1.29, 1.82) is 0 Å². The minimum absolute atomic E-state index is 0.235. The van der Waals surface area contributed by atoms with Crippen molar-refractivity contribution in [2.45, 2.75) is 6.92 Å². The lowest BCUT2D eigenvalue weighted by Gasteiger charge is -2.16. The molecule has 0 radical (unpaired) electrons. The van der Waals surface area contributed by atoms with Crippen LogP contribution in [0.2, 0.25) is 5.02 Å². The fraction of sp³-hybridized carbons (Fsp3) is 0.111. The third-order valence-electron chi connectivity index (χ3n) is 3.30. The molecule has 1 aromatic heterocycles. The second-order valence-electron chi connectivity index (χ2n) is 5.18. The van der Waals surface area contributed by atoms with Crippen LogP contribution in [0.3, 0.4) is 0 Å². The molecule has 0 fully saturated rings. The van der Waals surface area contributed by atoms with Gasteiger partial charge in [-0.25, -0.2) is 4.98 Å². The Morgan fingerprint density at radius 3 is 3.04 bits per heavy atom. The standard InChI is InChI=1S/C18H15ClN2O2/c1-12-3-2-4-17(20-12)21-18(22)8-5-13-9-14-10-15(19)6-7-16(14)23-11-13/h2-10H,11H2,1H3,(H,20,21,22)/b8-5+. The average Bonchev–Trinajstić information content (AvgIpc) is 2.52. The molecule has 1 aliphatic heterocycles. The lowest BCUT2D eigenvalue weighted by atomic mass is 10.1. The summed E-state index contributed by atoms with van der Waals surface area (Å²) in [4.78, 5) is 16.2. The van der Waals surface area contributed by atoms with Crippen LogP contribution < -0.4 is 10.1 Å². The van der Waals surface area contributed by atoms with Gasteiger partial charge in [0.05, 0.1) is 0 Å². The van der Waals surface area contributed by atoms with Gasteiger partial charge in [0.2, 0.25) is 5.91 Å². The van der Waals surface area contributed by atoms with Crippen LogP contribution in [0.1, 0.15) is 11.3 Å². The van der Waals surface area contributed by atoms with Crippen LogP contribution in [0.15, 0.2) is 54.1 Å². The molecule has 0 spiro atoms. The van der Waals surface area contributed by atoms with Crippen LogP contribution in [0.5, 0.6) is 5.75 Å². The van der Waals surface area contributed by atoms with E-state index in [9.17, 15) is 4.79 Å². The first-order chi connectivity index (χ1) is 11.1. The first-order valence-electron chi connectivity index (χ1n) is 7.16. The predicted molar refractivity (Wildman–Crippen MR) is 91.7 cm³/mol. The van der Waals surface area contributed by atoms with E-state index in [2.05, 4.69) is 10.3 Å². The van der Waals surface area contributed by atoms with Crippen molar-refractivity contribution in [2.24, 2.45) is 0 Å². The highest BCUT2D eigenvalue weighted by Gasteiger charge is 2.10. The van der Waals surface area contributed by atoms with Gasteiger partial charge in [-0.1, -0.05) is 23.7 Å². The molecule has 0 aliphatic carbocycles. The van der Waals surface area contributed by atoms with Crippen molar-refractivity contribution in [3.05, 3.63) is 70.4 Å². The van der Waals surface area contributed by atoms with Crippen LogP contribution in [-0.2, 0) is 4.79 Å². The Morgan fingerprint density at radius 1 is 1.35 bits per heavy atom. The smallest absolute Gasteiger partial charge is 0.249 e. The Kier molecular flexibility index (Phi) is 4.44. The lowest BCUT2D eigenvalue weighted by Crippen LogP contribution is -2.10. The zero-order valence-corrected chi connectivity index (χ0v) is 13.3. The number of amides is 1. The topological polar surface area (TPSA) is 51.2 Å². The first-order valence-corrected chi connectivity index (χ1v) is 7.53. The fourth-order valence-electron chi connectivity index (χ4n) is 2.23. The number of hydrogen-bond donors (Lipinski definition) is 1. The van der Waals surface area contributed by atoms with E-state index in [4.69, 9.17) is 16.3 Å². The quantitative estimate of drug-likeness (QED) is 0.867. The van der Waals surface area contributed by atoms with Gasteiger partial charge in [-0.3, -0.25) is 4.79 Å². The number of hydrogen-bond acceptors (Lipinski definition) is 3. The number of rotatable bonds is 3. The van der Waals surface area contributed by atoms with Crippen molar-refractivity contribution < 1.29 is 9.53 Å². The molecular formula is C18H15ClN2O2. The van der Waals surface area contributed by atoms with Crippen LogP contribution in [-0.4, -0.2) is 17.5 Å². The molecule has 0 saturated carbocycles. The van der Waals surface area contributed by atoms with Crippen LogP contribution in [0.25, 0.3) is 6.08 Å². The van der Waals surface area contributed by atoms with Crippen molar-refractivity contribution >= 4 is 29.4 Å². The van der Waals surface area contributed by atoms with E-state index in [0.29, 0.717) is 17.4 Å². The summed E-state index contributed by atoms with van der Waals surface area (Å²) in [5, 5.41) is 3.37. The number of fused-ring (bicyclic) bond motifs is 1. The number of ether oxygens (including phenoxy) is 1. The summed E-state index contributed by atoms with van der Waals surface area (Å²) in [6.07, 6.45) is 5.16. The SMILES string of the molecule is Cc1cccc(NC(=O)/C=C/C2=Cc3cc(Cl)ccc3OC2)n1. The highest BCUT2D eigenvalue weighted by molar-refractivity contribution is 6.30. The van der Waals surface area contributed by atoms with Gasteiger partial charge < -0.3 is 10.1 Å². The predicted octanol–water partition coefficient (Wildman–Crippen LogP) is 4.01. The van der Waals surface area contributed by atoms with E-state index < -0.39 is 0 Å². The summed E-state index contributed by atoms with van der Waals surface area (Å²) in [5.74, 6) is 1.09. The lowest BCUT2D eigenvalue weighted by molar-refractivity contribution is -0.111. The molecule has 0 atom stereocenters. The Labute approximate surface area is 139 Å². The van der Waals surface area contributed by atoms with E-state index in [1.165, 1.54) is 6.08 Å². The van der Waals surface area contributed by atoms with Crippen molar-refractivity contribution in [2.75, 3.05) is 11.9 Å². The van der Waals surface area contributed by atoms with Gasteiger partial charge in [0, 0.05) is 22.4 Å². The number of nitrogens with one attached hydrogen (secondary N) is 1. The van der Waals surface area contributed by atoms with Crippen molar-refractivity contribution in [1.82, 2.24) is 4.98 Å². The average molecular weight is 327 g/mol. The second kappa shape index (κ2) is 6.67. The highest BCUT2D eigenvalue weighted by Crippen LogP contribution is 2.29. The molecule has 116 valence electrons. The minimum Gasteiger partial charge on any atom is -0.488 e. The zero-order valence-electron chi connectivity index (χ0n) is 12.5. The van der Waals surface area contributed by atoms with Crippen LogP contribution in [0.4, 0.5) is 5.82 Å². The van der Waals surface area contributed by atoms with Gasteiger partial charge >= 0.3 is 0 Å². The molecular weight excluding hydrogens is 312 g/mol. The van der Waals surface area contributed by atoms with E-state index in [-0.39, 0.29) is 5.91 Å². The Bertz CT molecular complexity index is 812. The summed E-state index contributed by atoms with van der Waals surface area (Å²) in [6, 6.07) is 10.9. The first kappa shape index (κ1) is 15.3. The number of nitrogens with zero attached hydrogens (tertiary/aromatic N) is 1. The molecule has 1 aliphatic rings. The Balaban J connectivity index is 1.69. The number of benzene rings is 1. The Hall–Kier alpha value is -2.59. The number of pyridine rings is 1. The summed E-state index contributed by atoms with van der Waals surface area (Å²) in [7, 11) is 0. The van der Waals surface area contributed by atoms with Gasteiger partial charge in [-0.2, -0.15) is 0 Å². The van der Waals surface area contributed by atoms with Gasteiger partial charge in [0.15, 0.2) is 0 Å². The number of anilines is 1. The normalized spacial score (nSPS) is 13.2. The number of aromatic nitrogens is 1. The summed E-state index contributed by atoms with van der Waals surface area (Å²) in [6.45, 7) is 2.29. The maximum atomic E-state index is 11.9. The molecule has 0 bridgehead atoms. The molecule has 1 N–H and O–H groups in total. The summed E-state index contributed by atoms with van der Waals surface area (Å²) < 4.78 is 5.64. The molecule has 4 nitrogen and oxygen atoms in total. The van der Waals surface area contributed by atoms with Gasteiger partial charge in [0.1, 0.15) is 18.2 Å². The minimum atomic E-state index is -0.235.